The Labute approximate surface area is 196 Å². The summed E-state index contributed by atoms with van der Waals surface area (Å²) in [7, 11) is 0. The van der Waals surface area contributed by atoms with E-state index in [0.29, 0.717) is 19.8 Å². The van der Waals surface area contributed by atoms with Gasteiger partial charge in [0.2, 0.25) is 0 Å². The van der Waals surface area contributed by atoms with Crippen molar-refractivity contribution in [3.8, 4) is 11.8 Å². The molecule has 4 heteroatoms. The standard InChI is InChI=1S/C29H30O4/c1-3-4-20-30-27-21-31-23(2)33-28(27)22-32-29(24-14-8-5-9-15-24,25-16-10-6-11-17-25)26-18-12-7-13-19-26/h5-19,23,27-28H,20-22H2,1-2H3/t23-,27+,28+/m0/s1. The predicted octanol–water partition coefficient (Wildman–Crippen LogP) is 5.17. The summed E-state index contributed by atoms with van der Waals surface area (Å²) >= 11 is 0. The van der Waals surface area contributed by atoms with E-state index in [9.17, 15) is 0 Å². The number of hydrogen-bond acceptors (Lipinski definition) is 4. The van der Waals surface area contributed by atoms with Crippen LogP contribution in [0.1, 0.15) is 30.5 Å². The lowest BCUT2D eigenvalue weighted by Crippen LogP contribution is -2.48. The quantitative estimate of drug-likeness (QED) is 0.357. The van der Waals surface area contributed by atoms with E-state index in [2.05, 4.69) is 48.2 Å². The van der Waals surface area contributed by atoms with Gasteiger partial charge in [0.05, 0.1) is 13.2 Å². The van der Waals surface area contributed by atoms with Gasteiger partial charge in [0, 0.05) is 0 Å². The second-order valence-corrected chi connectivity index (χ2v) is 7.94. The third kappa shape index (κ3) is 5.35. The lowest BCUT2D eigenvalue weighted by Gasteiger charge is -2.40. The van der Waals surface area contributed by atoms with E-state index in [-0.39, 0.29) is 18.5 Å². The molecule has 3 aromatic rings. The van der Waals surface area contributed by atoms with Crippen molar-refractivity contribution in [1.29, 1.82) is 0 Å². The van der Waals surface area contributed by atoms with E-state index >= 15 is 0 Å². The van der Waals surface area contributed by atoms with Crippen LogP contribution in [-0.2, 0) is 24.5 Å². The molecular weight excluding hydrogens is 412 g/mol. The van der Waals surface area contributed by atoms with Gasteiger partial charge in [0.25, 0.3) is 0 Å². The van der Waals surface area contributed by atoms with Crippen molar-refractivity contribution in [3.05, 3.63) is 108 Å². The Hall–Kier alpha value is -2.94. The second-order valence-electron chi connectivity index (χ2n) is 7.94. The molecule has 170 valence electrons. The molecule has 0 aromatic heterocycles. The fourth-order valence-corrected chi connectivity index (χ4v) is 4.21. The van der Waals surface area contributed by atoms with Gasteiger partial charge in [-0.05, 0) is 30.5 Å². The Kier molecular flexibility index (Phi) is 7.93. The van der Waals surface area contributed by atoms with Crippen molar-refractivity contribution in [1.82, 2.24) is 0 Å². The summed E-state index contributed by atoms with van der Waals surface area (Å²) in [6.07, 6.45) is -0.875. The molecule has 4 nitrogen and oxygen atoms in total. The Morgan fingerprint density at radius 3 is 1.85 bits per heavy atom. The maximum absolute atomic E-state index is 6.92. The van der Waals surface area contributed by atoms with Crippen molar-refractivity contribution < 1.29 is 18.9 Å². The summed E-state index contributed by atoms with van der Waals surface area (Å²) in [6.45, 7) is 4.80. The third-order valence-electron chi connectivity index (χ3n) is 5.83. The van der Waals surface area contributed by atoms with Crippen molar-refractivity contribution in [3.63, 3.8) is 0 Å². The largest absolute Gasteiger partial charge is 0.360 e. The Morgan fingerprint density at radius 2 is 1.36 bits per heavy atom. The summed E-state index contributed by atoms with van der Waals surface area (Å²) in [5, 5.41) is 0. The van der Waals surface area contributed by atoms with Gasteiger partial charge in [0.1, 0.15) is 24.4 Å². The molecule has 0 unspecified atom stereocenters. The van der Waals surface area contributed by atoms with E-state index in [1.54, 1.807) is 6.92 Å². The molecule has 0 spiro atoms. The Morgan fingerprint density at radius 1 is 0.848 bits per heavy atom. The summed E-state index contributed by atoms with van der Waals surface area (Å²) in [6, 6.07) is 31.0. The highest BCUT2D eigenvalue weighted by Gasteiger charge is 2.40. The molecule has 1 saturated heterocycles. The van der Waals surface area contributed by atoms with Gasteiger partial charge in [-0.1, -0.05) is 96.9 Å². The van der Waals surface area contributed by atoms with Gasteiger partial charge in [-0.2, -0.15) is 0 Å². The van der Waals surface area contributed by atoms with E-state index in [4.69, 9.17) is 18.9 Å². The SMILES string of the molecule is CC#CCO[C@@H]1CO[C@H](C)O[C@@H]1COC(c1ccccc1)(c1ccccc1)c1ccccc1. The minimum Gasteiger partial charge on any atom is -0.360 e. The van der Waals surface area contributed by atoms with E-state index in [1.165, 1.54) is 0 Å². The number of ether oxygens (including phenoxy) is 4. The number of benzene rings is 3. The van der Waals surface area contributed by atoms with Crippen LogP contribution in [0.25, 0.3) is 0 Å². The van der Waals surface area contributed by atoms with Crippen molar-refractivity contribution >= 4 is 0 Å². The van der Waals surface area contributed by atoms with Gasteiger partial charge in [-0.15, -0.1) is 5.92 Å². The first-order valence-electron chi connectivity index (χ1n) is 11.3. The molecule has 0 bridgehead atoms. The van der Waals surface area contributed by atoms with Crippen LogP contribution in [0.2, 0.25) is 0 Å². The van der Waals surface area contributed by atoms with Crippen LogP contribution in [-0.4, -0.2) is 38.3 Å². The van der Waals surface area contributed by atoms with E-state index in [0.717, 1.165) is 16.7 Å². The summed E-state index contributed by atoms with van der Waals surface area (Å²) in [5.41, 5.74) is 2.35. The van der Waals surface area contributed by atoms with Gasteiger partial charge in [-0.3, -0.25) is 0 Å². The normalized spacial score (nSPS) is 20.6. The molecule has 1 fully saturated rings. The molecule has 0 N–H and O–H groups in total. The average molecular weight is 443 g/mol. The van der Waals surface area contributed by atoms with Crippen LogP contribution in [0.3, 0.4) is 0 Å². The summed E-state index contributed by atoms with van der Waals surface area (Å²) in [5.74, 6) is 5.82. The molecule has 0 amide bonds. The van der Waals surface area contributed by atoms with Gasteiger partial charge < -0.3 is 18.9 Å². The average Bonchev–Trinajstić information content (AvgIpc) is 2.88. The van der Waals surface area contributed by atoms with Gasteiger partial charge >= 0.3 is 0 Å². The van der Waals surface area contributed by atoms with Gasteiger partial charge in [0.15, 0.2) is 6.29 Å². The molecule has 3 aromatic carbocycles. The molecule has 1 heterocycles. The van der Waals surface area contributed by atoms with Crippen LogP contribution in [0.15, 0.2) is 91.0 Å². The first-order chi connectivity index (χ1) is 16.2. The maximum atomic E-state index is 6.92. The van der Waals surface area contributed by atoms with Crippen LogP contribution < -0.4 is 0 Å². The van der Waals surface area contributed by atoms with E-state index < -0.39 is 5.60 Å². The fourth-order valence-electron chi connectivity index (χ4n) is 4.21. The molecule has 0 saturated carbocycles. The zero-order valence-corrected chi connectivity index (χ0v) is 19.1. The van der Waals surface area contributed by atoms with Crippen LogP contribution in [0.4, 0.5) is 0 Å². The van der Waals surface area contributed by atoms with Crippen molar-refractivity contribution in [2.75, 3.05) is 19.8 Å². The molecule has 0 aliphatic carbocycles. The molecule has 1 aliphatic heterocycles. The lowest BCUT2D eigenvalue weighted by molar-refractivity contribution is -0.265. The molecule has 33 heavy (non-hydrogen) atoms. The predicted molar refractivity (Wildman–Crippen MR) is 129 cm³/mol. The van der Waals surface area contributed by atoms with Gasteiger partial charge in [-0.25, -0.2) is 0 Å². The summed E-state index contributed by atoms with van der Waals surface area (Å²) in [4.78, 5) is 0. The molecule has 1 aliphatic rings. The van der Waals surface area contributed by atoms with Crippen molar-refractivity contribution in [2.45, 2.75) is 37.9 Å². The lowest BCUT2D eigenvalue weighted by atomic mass is 9.80. The molecule has 0 radical (unpaired) electrons. The topological polar surface area (TPSA) is 36.9 Å². The Bertz CT molecular complexity index is 944. The fraction of sp³-hybridized carbons (Fsp3) is 0.310. The molecule has 4 rings (SSSR count). The van der Waals surface area contributed by atoms with Crippen LogP contribution >= 0.6 is 0 Å². The highest BCUT2D eigenvalue weighted by molar-refractivity contribution is 5.47. The smallest absolute Gasteiger partial charge is 0.155 e. The minimum absolute atomic E-state index is 0.262. The minimum atomic E-state index is -0.803. The zero-order chi connectivity index (χ0) is 22.9. The zero-order valence-electron chi connectivity index (χ0n) is 19.1. The number of rotatable bonds is 8. The molecule has 3 atom stereocenters. The van der Waals surface area contributed by atoms with Crippen LogP contribution in [0, 0.1) is 11.8 Å². The maximum Gasteiger partial charge on any atom is 0.155 e. The van der Waals surface area contributed by atoms with E-state index in [1.807, 2.05) is 61.5 Å². The first kappa shape index (κ1) is 23.2. The highest BCUT2D eigenvalue weighted by Crippen LogP contribution is 2.40. The van der Waals surface area contributed by atoms with Crippen molar-refractivity contribution in [2.24, 2.45) is 0 Å². The molecular formula is C29H30O4. The van der Waals surface area contributed by atoms with Crippen LogP contribution in [0.5, 0.6) is 0 Å². The summed E-state index contributed by atoms with van der Waals surface area (Å²) < 4.78 is 24.7. The highest BCUT2D eigenvalue weighted by atomic mass is 16.7. The Balaban J connectivity index is 1.72. The third-order valence-corrected chi connectivity index (χ3v) is 5.83. The second kappa shape index (κ2) is 11.3. The monoisotopic (exact) mass is 442 g/mol. The first-order valence-corrected chi connectivity index (χ1v) is 11.3. The number of hydrogen-bond donors (Lipinski definition) is 0.